The molecule has 3 heteroatoms. The number of hydrogen-bond donors (Lipinski definition) is 1. The Hall–Kier alpha value is -2.00. The van der Waals surface area contributed by atoms with Crippen LogP contribution in [0.15, 0.2) is 42.5 Å². The SMILES string of the molecule is COc1ccc(CN(C)Cc2cccc(N)c2)cc1C. The Kier molecular flexibility index (Phi) is 4.64. The summed E-state index contributed by atoms with van der Waals surface area (Å²) in [6.07, 6.45) is 0. The van der Waals surface area contributed by atoms with E-state index in [0.29, 0.717) is 0 Å². The molecule has 0 saturated heterocycles. The molecule has 0 fully saturated rings. The van der Waals surface area contributed by atoms with Gasteiger partial charge in [0.1, 0.15) is 5.75 Å². The Morgan fingerprint density at radius 3 is 2.35 bits per heavy atom. The lowest BCUT2D eigenvalue weighted by atomic mass is 10.1. The minimum absolute atomic E-state index is 0.816. The minimum atomic E-state index is 0.816. The first-order valence-electron chi connectivity index (χ1n) is 6.75. The molecule has 2 N–H and O–H groups in total. The Morgan fingerprint density at radius 1 is 1.05 bits per heavy atom. The van der Waals surface area contributed by atoms with Crippen molar-refractivity contribution in [3.05, 3.63) is 59.2 Å². The fourth-order valence-corrected chi connectivity index (χ4v) is 2.41. The van der Waals surface area contributed by atoms with Gasteiger partial charge in [-0.05, 0) is 48.9 Å². The van der Waals surface area contributed by atoms with Crippen molar-refractivity contribution in [2.24, 2.45) is 0 Å². The molecule has 106 valence electrons. The van der Waals surface area contributed by atoms with Crippen LogP contribution in [0, 0.1) is 6.92 Å². The number of benzene rings is 2. The second kappa shape index (κ2) is 6.44. The third-order valence-corrected chi connectivity index (χ3v) is 3.32. The predicted octanol–water partition coefficient (Wildman–Crippen LogP) is 3.22. The largest absolute Gasteiger partial charge is 0.496 e. The zero-order chi connectivity index (χ0) is 14.5. The lowest BCUT2D eigenvalue weighted by molar-refractivity contribution is 0.319. The van der Waals surface area contributed by atoms with Gasteiger partial charge >= 0.3 is 0 Å². The molecule has 2 aromatic carbocycles. The van der Waals surface area contributed by atoms with Gasteiger partial charge in [0.05, 0.1) is 7.11 Å². The van der Waals surface area contributed by atoms with Gasteiger partial charge in [0, 0.05) is 18.8 Å². The summed E-state index contributed by atoms with van der Waals surface area (Å²) < 4.78 is 5.29. The first-order chi connectivity index (χ1) is 9.58. The van der Waals surface area contributed by atoms with Crippen LogP contribution in [0.1, 0.15) is 16.7 Å². The van der Waals surface area contributed by atoms with Crippen LogP contribution in [0.2, 0.25) is 0 Å². The normalized spacial score (nSPS) is 10.8. The average molecular weight is 270 g/mol. The summed E-state index contributed by atoms with van der Waals surface area (Å²) >= 11 is 0. The molecular weight excluding hydrogens is 248 g/mol. The molecule has 0 atom stereocenters. The van der Waals surface area contributed by atoms with Crippen LogP contribution in [0.5, 0.6) is 5.75 Å². The second-order valence-electron chi connectivity index (χ2n) is 5.22. The van der Waals surface area contributed by atoms with Crippen molar-refractivity contribution in [2.75, 3.05) is 19.9 Å². The number of nitrogens with zero attached hydrogens (tertiary/aromatic N) is 1. The van der Waals surface area contributed by atoms with Crippen LogP contribution < -0.4 is 10.5 Å². The maximum Gasteiger partial charge on any atom is 0.121 e. The van der Waals surface area contributed by atoms with Crippen molar-refractivity contribution >= 4 is 5.69 Å². The van der Waals surface area contributed by atoms with Crippen molar-refractivity contribution in [1.29, 1.82) is 0 Å². The van der Waals surface area contributed by atoms with Crippen LogP contribution in [0.3, 0.4) is 0 Å². The van der Waals surface area contributed by atoms with E-state index in [0.717, 1.165) is 24.5 Å². The summed E-state index contributed by atoms with van der Waals surface area (Å²) in [5, 5.41) is 0. The number of nitrogens with two attached hydrogens (primary N) is 1. The standard InChI is InChI=1S/C17H22N2O/c1-13-9-15(7-8-17(13)20-3)12-19(2)11-14-5-4-6-16(18)10-14/h4-10H,11-12,18H2,1-3H3. The number of hydrogen-bond acceptors (Lipinski definition) is 3. The molecule has 0 saturated carbocycles. The van der Waals surface area contributed by atoms with E-state index in [2.05, 4.69) is 37.1 Å². The summed E-state index contributed by atoms with van der Waals surface area (Å²) in [6, 6.07) is 14.4. The number of anilines is 1. The van der Waals surface area contributed by atoms with Gasteiger partial charge in [0.25, 0.3) is 0 Å². The van der Waals surface area contributed by atoms with Gasteiger partial charge in [0.2, 0.25) is 0 Å². The van der Waals surface area contributed by atoms with Crippen molar-refractivity contribution in [3.8, 4) is 5.75 Å². The Labute approximate surface area is 121 Å². The highest BCUT2D eigenvalue weighted by atomic mass is 16.5. The van der Waals surface area contributed by atoms with Gasteiger partial charge < -0.3 is 10.5 Å². The van der Waals surface area contributed by atoms with E-state index in [4.69, 9.17) is 10.5 Å². The molecule has 2 aromatic rings. The molecule has 0 aromatic heterocycles. The van der Waals surface area contributed by atoms with E-state index in [1.807, 2.05) is 24.3 Å². The molecule has 0 bridgehead atoms. The lowest BCUT2D eigenvalue weighted by Crippen LogP contribution is -2.17. The van der Waals surface area contributed by atoms with Crippen molar-refractivity contribution in [2.45, 2.75) is 20.0 Å². The maximum absolute atomic E-state index is 5.81. The van der Waals surface area contributed by atoms with Crippen molar-refractivity contribution in [3.63, 3.8) is 0 Å². The van der Waals surface area contributed by atoms with E-state index in [-0.39, 0.29) is 0 Å². The predicted molar refractivity (Wildman–Crippen MR) is 83.8 cm³/mol. The second-order valence-corrected chi connectivity index (χ2v) is 5.22. The summed E-state index contributed by atoms with van der Waals surface area (Å²) in [4.78, 5) is 2.27. The summed E-state index contributed by atoms with van der Waals surface area (Å²) in [5.41, 5.74) is 10.3. The highest BCUT2D eigenvalue weighted by Crippen LogP contribution is 2.19. The summed E-state index contributed by atoms with van der Waals surface area (Å²) in [5.74, 6) is 0.937. The van der Waals surface area contributed by atoms with E-state index < -0.39 is 0 Å². The molecule has 20 heavy (non-hydrogen) atoms. The maximum atomic E-state index is 5.81. The molecule has 0 spiro atoms. The third-order valence-electron chi connectivity index (χ3n) is 3.32. The number of ether oxygens (including phenoxy) is 1. The summed E-state index contributed by atoms with van der Waals surface area (Å²) in [6.45, 7) is 3.86. The highest BCUT2D eigenvalue weighted by Gasteiger charge is 2.04. The van der Waals surface area contributed by atoms with E-state index in [1.165, 1.54) is 16.7 Å². The Balaban J connectivity index is 2.01. The molecule has 3 nitrogen and oxygen atoms in total. The van der Waals surface area contributed by atoms with Gasteiger partial charge in [-0.3, -0.25) is 4.90 Å². The smallest absolute Gasteiger partial charge is 0.121 e. The molecule has 0 heterocycles. The zero-order valence-corrected chi connectivity index (χ0v) is 12.4. The topological polar surface area (TPSA) is 38.5 Å². The highest BCUT2D eigenvalue weighted by molar-refractivity contribution is 5.40. The third kappa shape index (κ3) is 3.75. The molecular formula is C17H22N2O. The molecule has 0 radical (unpaired) electrons. The zero-order valence-electron chi connectivity index (χ0n) is 12.4. The van der Waals surface area contributed by atoms with Gasteiger partial charge in [-0.1, -0.05) is 24.3 Å². The molecule has 0 aliphatic carbocycles. The monoisotopic (exact) mass is 270 g/mol. The number of nitrogen functional groups attached to an aromatic ring is 1. The molecule has 0 amide bonds. The van der Waals surface area contributed by atoms with Crippen LogP contribution >= 0.6 is 0 Å². The van der Waals surface area contributed by atoms with Crippen LogP contribution in [0.25, 0.3) is 0 Å². The fraction of sp³-hybridized carbons (Fsp3) is 0.294. The Morgan fingerprint density at radius 2 is 1.75 bits per heavy atom. The average Bonchev–Trinajstić information content (AvgIpc) is 2.38. The van der Waals surface area contributed by atoms with Gasteiger partial charge in [0.15, 0.2) is 0 Å². The Bertz CT molecular complexity index is 581. The molecule has 0 aliphatic heterocycles. The van der Waals surface area contributed by atoms with E-state index >= 15 is 0 Å². The first-order valence-corrected chi connectivity index (χ1v) is 6.75. The quantitative estimate of drug-likeness (QED) is 0.848. The van der Waals surface area contributed by atoms with E-state index in [9.17, 15) is 0 Å². The number of rotatable bonds is 5. The first kappa shape index (κ1) is 14.4. The number of aryl methyl sites for hydroxylation is 1. The molecule has 2 rings (SSSR count). The number of methoxy groups -OCH3 is 1. The van der Waals surface area contributed by atoms with E-state index in [1.54, 1.807) is 7.11 Å². The van der Waals surface area contributed by atoms with Crippen molar-refractivity contribution in [1.82, 2.24) is 4.90 Å². The van der Waals surface area contributed by atoms with Crippen LogP contribution in [-0.4, -0.2) is 19.1 Å². The van der Waals surface area contributed by atoms with Gasteiger partial charge in [-0.25, -0.2) is 0 Å². The van der Waals surface area contributed by atoms with Crippen LogP contribution in [-0.2, 0) is 13.1 Å². The minimum Gasteiger partial charge on any atom is -0.496 e. The molecule has 0 unspecified atom stereocenters. The summed E-state index contributed by atoms with van der Waals surface area (Å²) in [7, 11) is 3.82. The van der Waals surface area contributed by atoms with Crippen molar-refractivity contribution < 1.29 is 4.74 Å². The van der Waals surface area contributed by atoms with Crippen LogP contribution in [0.4, 0.5) is 5.69 Å². The van der Waals surface area contributed by atoms with Gasteiger partial charge in [-0.2, -0.15) is 0 Å². The fourth-order valence-electron chi connectivity index (χ4n) is 2.41. The molecule has 0 aliphatic rings. The van der Waals surface area contributed by atoms with Gasteiger partial charge in [-0.15, -0.1) is 0 Å². The lowest BCUT2D eigenvalue weighted by Gasteiger charge is -2.18.